The van der Waals surface area contributed by atoms with Crippen molar-refractivity contribution in [2.45, 2.75) is 354 Å². The predicted molar refractivity (Wildman–Crippen MR) is 348 cm³/mol. The van der Waals surface area contributed by atoms with E-state index in [0.29, 0.717) is 23.9 Å². The average molecular weight is 1150 g/mol. The fourth-order valence-corrected chi connectivity index (χ4v) is 10.5. The average Bonchev–Trinajstić information content (AvgIpc) is 3.45. The summed E-state index contributed by atoms with van der Waals surface area (Å²) in [7, 11) is 5.94. The third-order valence-corrected chi connectivity index (χ3v) is 15.8. The second-order valence-electron chi connectivity index (χ2n) is 25.2. The first-order chi connectivity index (χ1) is 40.1. The third-order valence-electron chi connectivity index (χ3n) is 15.8. The van der Waals surface area contributed by atoms with E-state index in [1.807, 2.05) is 21.1 Å². The van der Waals surface area contributed by atoms with E-state index in [1.165, 1.54) is 238 Å². The largest absolute Gasteiger partial charge is 0.545 e. The molecule has 480 valence electrons. The minimum atomic E-state index is -1.62. The number of carbonyl (C=O) groups is 3. The van der Waals surface area contributed by atoms with E-state index in [9.17, 15) is 19.5 Å². The molecule has 0 fully saturated rings. The van der Waals surface area contributed by atoms with E-state index in [2.05, 4.69) is 62.5 Å². The fraction of sp³-hybridized carbons (Fsp3) is 0.849. The molecule has 0 aromatic heterocycles. The number of quaternary nitrogens is 1. The molecule has 0 aliphatic heterocycles. The van der Waals surface area contributed by atoms with Crippen LogP contribution in [0.2, 0.25) is 0 Å². The number of ether oxygens (including phenoxy) is 4. The molecule has 0 radical (unpaired) electrons. The number of carboxylic acids is 1. The van der Waals surface area contributed by atoms with Crippen LogP contribution in [0.3, 0.4) is 0 Å². The van der Waals surface area contributed by atoms with Gasteiger partial charge in [-0.3, -0.25) is 9.59 Å². The number of carbonyl (C=O) groups excluding carboxylic acids is 3. The molecule has 82 heavy (non-hydrogen) atoms. The minimum absolute atomic E-state index is 0.147. The van der Waals surface area contributed by atoms with Gasteiger partial charge in [0.15, 0.2) is 12.4 Å². The Morgan fingerprint density at radius 2 is 0.695 bits per heavy atom. The van der Waals surface area contributed by atoms with Gasteiger partial charge in [0.05, 0.1) is 40.3 Å². The molecule has 2 unspecified atom stereocenters. The zero-order valence-corrected chi connectivity index (χ0v) is 54.9. The van der Waals surface area contributed by atoms with E-state index in [0.717, 1.165) is 70.6 Å². The summed E-state index contributed by atoms with van der Waals surface area (Å²) in [6, 6.07) is 0. The van der Waals surface area contributed by atoms with Gasteiger partial charge in [-0.2, -0.15) is 0 Å². The summed E-state index contributed by atoms with van der Waals surface area (Å²) in [4.78, 5) is 37.5. The van der Waals surface area contributed by atoms with Crippen molar-refractivity contribution in [2.24, 2.45) is 0 Å². The molecule has 0 bridgehead atoms. The van der Waals surface area contributed by atoms with Crippen molar-refractivity contribution in [1.82, 2.24) is 0 Å². The highest BCUT2D eigenvalue weighted by molar-refractivity contribution is 5.70. The highest BCUT2D eigenvalue weighted by Gasteiger charge is 2.22. The molecule has 0 saturated carbocycles. The summed E-state index contributed by atoms with van der Waals surface area (Å²) in [5.41, 5.74) is 0. The molecule has 0 N–H and O–H groups in total. The topological polar surface area (TPSA) is 111 Å². The van der Waals surface area contributed by atoms with E-state index in [1.54, 1.807) is 0 Å². The zero-order valence-electron chi connectivity index (χ0n) is 54.9. The Labute approximate surface area is 508 Å². The van der Waals surface area contributed by atoms with Gasteiger partial charge in [0.1, 0.15) is 13.2 Å². The number of unbranched alkanes of at least 4 members (excludes halogenated alkanes) is 43. The van der Waals surface area contributed by atoms with Crippen LogP contribution in [0.25, 0.3) is 0 Å². The Morgan fingerprint density at radius 3 is 1.04 bits per heavy atom. The lowest BCUT2D eigenvalue weighted by Gasteiger charge is -2.26. The number of likely N-dealkylation sites (N-methyl/N-ethyl adjacent to an activating group) is 1. The van der Waals surface area contributed by atoms with E-state index in [4.69, 9.17) is 18.9 Å². The lowest BCUT2D eigenvalue weighted by molar-refractivity contribution is -0.870. The first kappa shape index (κ1) is 79.2. The Balaban J connectivity index is 4.03. The number of hydrogen-bond donors (Lipinski definition) is 0. The molecular weight excluding hydrogens is 1020 g/mol. The second kappa shape index (κ2) is 64.3. The van der Waals surface area contributed by atoms with E-state index < -0.39 is 24.3 Å². The second-order valence-corrected chi connectivity index (χ2v) is 25.2. The van der Waals surface area contributed by atoms with Crippen LogP contribution in [-0.4, -0.2) is 82.3 Å². The maximum Gasteiger partial charge on any atom is 0.306 e. The summed E-state index contributed by atoms with van der Waals surface area (Å²) in [6.07, 6.45) is 79.2. The van der Waals surface area contributed by atoms with Gasteiger partial charge in [-0.1, -0.05) is 326 Å². The van der Waals surface area contributed by atoms with Gasteiger partial charge in [0, 0.05) is 12.8 Å². The van der Waals surface area contributed by atoms with Gasteiger partial charge in [-0.15, -0.1) is 0 Å². The number of esters is 2. The van der Waals surface area contributed by atoms with Crippen molar-refractivity contribution in [3.63, 3.8) is 0 Å². The van der Waals surface area contributed by atoms with E-state index in [-0.39, 0.29) is 32.2 Å². The molecule has 0 aromatic rings. The van der Waals surface area contributed by atoms with Crippen LogP contribution < -0.4 is 5.11 Å². The number of nitrogens with zero attached hydrogens (tertiary/aromatic N) is 1. The molecule has 0 aliphatic rings. The van der Waals surface area contributed by atoms with Crippen LogP contribution in [0.1, 0.15) is 341 Å². The Hall–Kier alpha value is -2.75. The summed E-state index contributed by atoms with van der Waals surface area (Å²) in [5.74, 6) is -2.27. The number of aliphatic carboxylic acids is 1. The lowest BCUT2D eigenvalue weighted by atomic mass is 10.0. The Kier molecular flexibility index (Phi) is 62.1. The Morgan fingerprint density at radius 1 is 0.378 bits per heavy atom. The number of hydrogen-bond acceptors (Lipinski definition) is 8. The third kappa shape index (κ3) is 64.8. The summed E-state index contributed by atoms with van der Waals surface area (Å²) >= 11 is 0. The van der Waals surface area contributed by atoms with Crippen molar-refractivity contribution < 1.29 is 42.9 Å². The van der Waals surface area contributed by atoms with Crippen molar-refractivity contribution in [3.8, 4) is 0 Å². The molecular formula is C73H135NO8. The van der Waals surface area contributed by atoms with Gasteiger partial charge in [-0.05, 0) is 51.4 Å². The normalized spacial score (nSPS) is 12.9. The minimum Gasteiger partial charge on any atom is -0.545 e. The molecule has 0 amide bonds. The maximum absolute atomic E-state index is 12.9. The number of allylic oxidation sites excluding steroid dienone is 8. The molecule has 0 aromatic carbocycles. The quantitative estimate of drug-likeness (QED) is 0.0195. The SMILES string of the molecule is CC/C=C\C/C=C\C/C=C\C/C=C\CCCCCCCCCCCCC(=O)OC(COC(=O)CCCCCCCCCCCCCCCCCCCCCCCCCCCCCCCCCCCC)COC(OCC[N+](C)(C)C)C(=O)[O-]. The lowest BCUT2D eigenvalue weighted by Crippen LogP contribution is -2.44. The van der Waals surface area contributed by atoms with Crippen molar-refractivity contribution in [3.05, 3.63) is 48.6 Å². The highest BCUT2D eigenvalue weighted by atomic mass is 16.7. The summed E-state index contributed by atoms with van der Waals surface area (Å²) < 4.78 is 22.8. The van der Waals surface area contributed by atoms with Gasteiger partial charge >= 0.3 is 11.9 Å². The molecule has 0 aliphatic carbocycles. The first-order valence-corrected chi connectivity index (χ1v) is 35.3. The van der Waals surface area contributed by atoms with Crippen molar-refractivity contribution in [1.29, 1.82) is 0 Å². The highest BCUT2D eigenvalue weighted by Crippen LogP contribution is 2.19. The van der Waals surface area contributed by atoms with Crippen molar-refractivity contribution in [2.75, 3.05) is 47.5 Å². The van der Waals surface area contributed by atoms with E-state index >= 15 is 0 Å². The predicted octanol–water partition coefficient (Wildman–Crippen LogP) is 20.4. The molecule has 2 atom stereocenters. The molecule has 0 saturated heterocycles. The van der Waals surface area contributed by atoms with Crippen LogP contribution in [0.15, 0.2) is 48.6 Å². The van der Waals surface area contributed by atoms with Gasteiger partial charge < -0.3 is 33.3 Å². The van der Waals surface area contributed by atoms with Crippen LogP contribution in [0.5, 0.6) is 0 Å². The summed E-state index contributed by atoms with van der Waals surface area (Å²) in [5, 5.41) is 11.8. The van der Waals surface area contributed by atoms with Crippen LogP contribution in [0, 0.1) is 0 Å². The van der Waals surface area contributed by atoms with Crippen LogP contribution in [-0.2, 0) is 33.3 Å². The molecule has 9 nitrogen and oxygen atoms in total. The van der Waals surface area contributed by atoms with Crippen LogP contribution >= 0.6 is 0 Å². The smallest absolute Gasteiger partial charge is 0.306 e. The van der Waals surface area contributed by atoms with Gasteiger partial charge in [0.25, 0.3) is 0 Å². The monoisotopic (exact) mass is 1150 g/mol. The van der Waals surface area contributed by atoms with Crippen molar-refractivity contribution >= 4 is 17.9 Å². The molecule has 0 heterocycles. The van der Waals surface area contributed by atoms with Gasteiger partial charge in [0.2, 0.25) is 0 Å². The fourth-order valence-electron chi connectivity index (χ4n) is 10.5. The molecule has 0 rings (SSSR count). The molecule has 0 spiro atoms. The van der Waals surface area contributed by atoms with Gasteiger partial charge in [-0.25, -0.2) is 0 Å². The standard InChI is InChI=1S/C73H135NO8/c1-6-8-10-12-14-16-18-20-22-24-26-28-30-31-32-33-34-35-36-37-38-39-40-42-43-45-47-49-51-53-55-57-59-61-63-70(75)80-67-69(68-81-73(72(77)78)79-66-65-74(3,4)5)82-71(76)64-62-60-58-56-54-52-50-48-46-44-41-29-27-25-23-21-19-17-15-13-11-9-7-2/h9,11,15,17,21,23,27,29,69,73H,6-8,10,12-14,16,18-20,22,24-26,28,30-68H2,1-5H3/b11-9-,17-15-,23-21-,29-27-. The zero-order chi connectivity index (χ0) is 59.8. The van der Waals surface area contributed by atoms with Crippen LogP contribution in [0.4, 0.5) is 0 Å². The number of carboxylic acid groups (broad SMARTS) is 1. The number of rotatable bonds is 66. The summed E-state index contributed by atoms with van der Waals surface area (Å²) in [6.45, 7) is 4.69. The first-order valence-electron chi connectivity index (χ1n) is 35.3. The molecule has 9 heteroatoms. The Bertz CT molecular complexity index is 1480. The maximum atomic E-state index is 12.9.